The molecular weight excluding hydrogens is 276 g/mol. The summed E-state index contributed by atoms with van der Waals surface area (Å²) in [4.78, 5) is 0. The highest BCUT2D eigenvalue weighted by molar-refractivity contribution is 9.10. The third-order valence-electron chi connectivity index (χ3n) is 2.31. The molecular formula is C14H11BrN2. The Hall–Kier alpha value is -1.92. The van der Waals surface area contributed by atoms with Crippen LogP contribution in [0.2, 0.25) is 0 Å². The van der Waals surface area contributed by atoms with Gasteiger partial charge in [0.15, 0.2) is 0 Å². The van der Waals surface area contributed by atoms with Crippen molar-refractivity contribution in [2.75, 3.05) is 11.5 Å². The minimum Gasteiger partial charge on any atom is -0.398 e. The minimum absolute atomic E-state index is 0.662. The first-order valence-electron chi connectivity index (χ1n) is 5.08. The fraction of sp³-hybridized carbons (Fsp3) is 0. The quantitative estimate of drug-likeness (QED) is 0.578. The number of hydrogen-bond acceptors (Lipinski definition) is 2. The topological polar surface area (TPSA) is 52.0 Å². The summed E-state index contributed by atoms with van der Waals surface area (Å²) in [6.07, 6.45) is 0. The maximum absolute atomic E-state index is 5.84. The van der Waals surface area contributed by atoms with E-state index in [9.17, 15) is 0 Å². The Morgan fingerprint density at radius 1 is 0.824 bits per heavy atom. The van der Waals surface area contributed by atoms with Crippen LogP contribution in [0.5, 0.6) is 0 Å². The van der Waals surface area contributed by atoms with Gasteiger partial charge in [-0.05, 0) is 30.3 Å². The largest absolute Gasteiger partial charge is 0.398 e. The standard InChI is InChI=1S/C14H11BrN2/c15-12-7-8-14(17)11(9-12)6-5-10-3-1-2-4-13(10)16/h1-4,7-9H,16-17H2. The lowest BCUT2D eigenvalue weighted by Crippen LogP contribution is -1.91. The Balaban J connectivity index is 2.40. The lowest BCUT2D eigenvalue weighted by Gasteiger charge is -1.99. The van der Waals surface area contributed by atoms with Crippen LogP contribution < -0.4 is 11.5 Å². The number of nitrogens with two attached hydrogens (primary N) is 2. The summed E-state index contributed by atoms with van der Waals surface area (Å²) in [7, 11) is 0. The van der Waals surface area contributed by atoms with Gasteiger partial charge in [-0.25, -0.2) is 0 Å². The van der Waals surface area contributed by atoms with Crippen LogP contribution in [0, 0.1) is 11.8 Å². The normalized spacial score (nSPS) is 9.47. The molecule has 0 saturated heterocycles. The van der Waals surface area contributed by atoms with Gasteiger partial charge in [0.05, 0.1) is 0 Å². The molecule has 17 heavy (non-hydrogen) atoms. The summed E-state index contributed by atoms with van der Waals surface area (Å²) in [5, 5.41) is 0. The van der Waals surface area contributed by atoms with E-state index in [4.69, 9.17) is 11.5 Å². The van der Waals surface area contributed by atoms with Crippen molar-refractivity contribution in [2.45, 2.75) is 0 Å². The molecule has 0 saturated carbocycles. The third kappa shape index (κ3) is 2.80. The molecule has 0 radical (unpaired) electrons. The van der Waals surface area contributed by atoms with E-state index in [1.54, 1.807) is 0 Å². The molecule has 0 aromatic heterocycles. The average Bonchev–Trinajstić information content (AvgIpc) is 2.32. The second-order valence-electron chi connectivity index (χ2n) is 3.57. The maximum atomic E-state index is 5.84. The number of nitrogen functional groups attached to an aromatic ring is 2. The van der Waals surface area contributed by atoms with Crippen LogP contribution in [0.25, 0.3) is 0 Å². The van der Waals surface area contributed by atoms with Gasteiger partial charge in [-0.2, -0.15) is 0 Å². The van der Waals surface area contributed by atoms with E-state index < -0.39 is 0 Å². The summed E-state index contributed by atoms with van der Waals surface area (Å²) in [6, 6.07) is 13.1. The van der Waals surface area contributed by atoms with Crippen molar-refractivity contribution in [1.29, 1.82) is 0 Å². The molecule has 0 bridgehead atoms. The van der Waals surface area contributed by atoms with Crippen LogP contribution in [-0.2, 0) is 0 Å². The predicted molar refractivity (Wildman–Crippen MR) is 75.4 cm³/mol. The molecule has 0 fully saturated rings. The Morgan fingerprint density at radius 3 is 2.24 bits per heavy atom. The van der Waals surface area contributed by atoms with Crippen molar-refractivity contribution in [3.63, 3.8) is 0 Å². The average molecular weight is 287 g/mol. The lowest BCUT2D eigenvalue weighted by molar-refractivity contribution is 1.58. The molecule has 3 heteroatoms. The molecule has 0 aliphatic rings. The molecule has 2 aromatic carbocycles. The molecule has 0 atom stereocenters. The number of halogens is 1. The Bertz CT molecular complexity index is 609. The van der Waals surface area contributed by atoms with Crippen LogP contribution in [-0.4, -0.2) is 0 Å². The fourth-order valence-corrected chi connectivity index (χ4v) is 1.74. The Morgan fingerprint density at radius 2 is 1.47 bits per heavy atom. The van der Waals surface area contributed by atoms with Gasteiger partial charge in [-0.3, -0.25) is 0 Å². The van der Waals surface area contributed by atoms with Crippen LogP contribution in [0.1, 0.15) is 11.1 Å². The molecule has 2 rings (SSSR count). The van der Waals surface area contributed by atoms with Gasteiger partial charge in [0.2, 0.25) is 0 Å². The van der Waals surface area contributed by atoms with Crippen molar-refractivity contribution >= 4 is 27.3 Å². The van der Waals surface area contributed by atoms with E-state index in [1.807, 2.05) is 42.5 Å². The highest BCUT2D eigenvalue weighted by atomic mass is 79.9. The molecule has 0 spiro atoms. The summed E-state index contributed by atoms with van der Waals surface area (Å²) in [6.45, 7) is 0. The molecule has 2 nitrogen and oxygen atoms in total. The Labute approximate surface area is 109 Å². The van der Waals surface area contributed by atoms with Crippen molar-refractivity contribution < 1.29 is 0 Å². The molecule has 0 aliphatic heterocycles. The van der Waals surface area contributed by atoms with E-state index in [0.29, 0.717) is 11.4 Å². The smallest absolute Gasteiger partial charge is 0.0489 e. The number of benzene rings is 2. The molecule has 0 unspecified atom stereocenters. The van der Waals surface area contributed by atoms with Crippen molar-refractivity contribution in [3.8, 4) is 11.8 Å². The zero-order valence-electron chi connectivity index (χ0n) is 9.07. The van der Waals surface area contributed by atoms with Gasteiger partial charge in [-0.1, -0.05) is 39.9 Å². The molecule has 4 N–H and O–H groups in total. The van der Waals surface area contributed by atoms with E-state index >= 15 is 0 Å². The number of para-hydroxylation sites is 1. The first-order valence-corrected chi connectivity index (χ1v) is 5.87. The predicted octanol–water partition coefficient (Wildman–Crippen LogP) is 3.01. The maximum Gasteiger partial charge on any atom is 0.0489 e. The number of anilines is 2. The molecule has 84 valence electrons. The second kappa shape index (κ2) is 4.94. The van der Waals surface area contributed by atoms with Gasteiger partial charge in [0.1, 0.15) is 0 Å². The molecule has 0 aliphatic carbocycles. The van der Waals surface area contributed by atoms with Crippen molar-refractivity contribution in [2.24, 2.45) is 0 Å². The van der Waals surface area contributed by atoms with E-state index in [-0.39, 0.29) is 0 Å². The SMILES string of the molecule is Nc1ccccc1C#Cc1cc(Br)ccc1N. The van der Waals surface area contributed by atoms with E-state index in [2.05, 4.69) is 27.8 Å². The zero-order valence-corrected chi connectivity index (χ0v) is 10.7. The molecule has 0 heterocycles. The monoisotopic (exact) mass is 286 g/mol. The Kier molecular flexibility index (Phi) is 3.36. The summed E-state index contributed by atoms with van der Waals surface area (Å²) >= 11 is 3.39. The second-order valence-corrected chi connectivity index (χ2v) is 4.48. The first kappa shape index (κ1) is 11.6. The first-order chi connectivity index (χ1) is 8.16. The van der Waals surface area contributed by atoms with Crippen LogP contribution in [0.4, 0.5) is 11.4 Å². The van der Waals surface area contributed by atoms with Crippen LogP contribution >= 0.6 is 15.9 Å². The van der Waals surface area contributed by atoms with Crippen LogP contribution in [0.15, 0.2) is 46.9 Å². The highest BCUT2D eigenvalue weighted by Crippen LogP contribution is 2.17. The zero-order chi connectivity index (χ0) is 12.3. The van der Waals surface area contributed by atoms with Gasteiger partial charge in [0.25, 0.3) is 0 Å². The van der Waals surface area contributed by atoms with Gasteiger partial charge >= 0.3 is 0 Å². The fourth-order valence-electron chi connectivity index (χ4n) is 1.38. The van der Waals surface area contributed by atoms with Crippen molar-refractivity contribution in [1.82, 2.24) is 0 Å². The summed E-state index contributed by atoms with van der Waals surface area (Å²) in [5.41, 5.74) is 14.6. The molecule has 2 aromatic rings. The van der Waals surface area contributed by atoms with Crippen LogP contribution in [0.3, 0.4) is 0 Å². The number of rotatable bonds is 0. The van der Waals surface area contributed by atoms with Gasteiger partial charge in [0, 0.05) is 27.0 Å². The summed E-state index contributed by atoms with van der Waals surface area (Å²) in [5.74, 6) is 6.05. The van der Waals surface area contributed by atoms with Crippen molar-refractivity contribution in [3.05, 3.63) is 58.1 Å². The molecule has 0 amide bonds. The number of hydrogen-bond donors (Lipinski definition) is 2. The highest BCUT2D eigenvalue weighted by Gasteiger charge is 1.97. The van der Waals surface area contributed by atoms with Gasteiger partial charge < -0.3 is 11.5 Å². The summed E-state index contributed by atoms with van der Waals surface area (Å²) < 4.78 is 0.956. The van der Waals surface area contributed by atoms with E-state index in [1.165, 1.54) is 0 Å². The minimum atomic E-state index is 0.662. The third-order valence-corrected chi connectivity index (χ3v) is 2.80. The van der Waals surface area contributed by atoms with Gasteiger partial charge in [-0.15, -0.1) is 0 Å². The lowest BCUT2D eigenvalue weighted by atomic mass is 10.1. The van der Waals surface area contributed by atoms with E-state index in [0.717, 1.165) is 15.6 Å².